The van der Waals surface area contributed by atoms with Gasteiger partial charge in [-0.25, -0.2) is 0 Å². The van der Waals surface area contributed by atoms with Gasteiger partial charge in [-0.15, -0.1) is 6.58 Å². The number of allylic oxidation sites excluding steroid dienone is 1. The van der Waals surface area contributed by atoms with E-state index in [2.05, 4.69) is 22.5 Å². The Bertz CT molecular complexity index is 376. The third-order valence-electron chi connectivity index (χ3n) is 1.89. The van der Waals surface area contributed by atoms with Crippen molar-refractivity contribution in [3.05, 3.63) is 56.9 Å². The Morgan fingerprint density at radius 3 is 2.79 bits per heavy atom. The summed E-state index contributed by atoms with van der Waals surface area (Å²) in [6.45, 7) is 5.48. The highest BCUT2D eigenvalue weighted by atomic mass is 79.9. The fourth-order valence-corrected chi connectivity index (χ4v) is 1.60. The van der Waals surface area contributed by atoms with Crippen LogP contribution in [0.25, 0.3) is 0 Å². The lowest BCUT2D eigenvalue weighted by Crippen LogP contribution is -1.94. The zero-order valence-electron chi connectivity index (χ0n) is 7.66. The SMILES string of the molecule is C=C[C](C)c1cc([N+](=O)[O-])ccc1Br. The van der Waals surface area contributed by atoms with Crippen LogP contribution in [-0.4, -0.2) is 4.92 Å². The molecule has 0 amide bonds. The van der Waals surface area contributed by atoms with Crippen molar-refractivity contribution >= 4 is 21.6 Å². The molecule has 0 atom stereocenters. The fourth-order valence-electron chi connectivity index (χ4n) is 1.04. The van der Waals surface area contributed by atoms with Gasteiger partial charge in [0.2, 0.25) is 0 Å². The van der Waals surface area contributed by atoms with Gasteiger partial charge in [0.1, 0.15) is 0 Å². The van der Waals surface area contributed by atoms with Gasteiger partial charge in [-0.1, -0.05) is 28.9 Å². The Kier molecular flexibility index (Phi) is 3.41. The van der Waals surface area contributed by atoms with Gasteiger partial charge < -0.3 is 0 Å². The second kappa shape index (κ2) is 4.37. The molecule has 0 aliphatic heterocycles. The lowest BCUT2D eigenvalue weighted by Gasteiger charge is -2.07. The maximum Gasteiger partial charge on any atom is 0.269 e. The second-order valence-corrected chi connectivity index (χ2v) is 3.66. The maximum atomic E-state index is 10.5. The molecule has 0 saturated carbocycles. The van der Waals surface area contributed by atoms with Crippen LogP contribution in [0.5, 0.6) is 0 Å². The average molecular weight is 255 g/mol. The van der Waals surface area contributed by atoms with Crippen LogP contribution in [-0.2, 0) is 0 Å². The molecule has 0 aliphatic carbocycles. The molecule has 0 spiro atoms. The Morgan fingerprint density at radius 1 is 1.64 bits per heavy atom. The summed E-state index contributed by atoms with van der Waals surface area (Å²) in [4.78, 5) is 10.1. The van der Waals surface area contributed by atoms with Crippen molar-refractivity contribution in [2.75, 3.05) is 0 Å². The Balaban J connectivity index is 3.20. The summed E-state index contributed by atoms with van der Waals surface area (Å²) >= 11 is 3.33. The zero-order valence-corrected chi connectivity index (χ0v) is 9.24. The Labute approximate surface area is 90.7 Å². The molecule has 0 aromatic heterocycles. The number of non-ortho nitro benzene ring substituents is 1. The monoisotopic (exact) mass is 254 g/mol. The normalized spacial score (nSPS) is 10.2. The van der Waals surface area contributed by atoms with Crippen molar-refractivity contribution in [1.82, 2.24) is 0 Å². The molecular weight excluding hydrogens is 246 g/mol. The molecule has 1 aromatic rings. The molecule has 3 nitrogen and oxygen atoms in total. The van der Waals surface area contributed by atoms with Gasteiger partial charge in [0.05, 0.1) is 4.92 Å². The van der Waals surface area contributed by atoms with Gasteiger partial charge in [-0.3, -0.25) is 10.1 Å². The molecule has 0 saturated heterocycles. The summed E-state index contributed by atoms with van der Waals surface area (Å²) in [5.74, 6) is 0.903. The topological polar surface area (TPSA) is 43.1 Å². The van der Waals surface area contributed by atoms with E-state index in [-0.39, 0.29) is 5.69 Å². The van der Waals surface area contributed by atoms with Crippen molar-refractivity contribution < 1.29 is 4.92 Å². The maximum absolute atomic E-state index is 10.5. The first-order valence-electron chi connectivity index (χ1n) is 3.96. The van der Waals surface area contributed by atoms with Crippen molar-refractivity contribution in [3.8, 4) is 0 Å². The summed E-state index contributed by atoms with van der Waals surface area (Å²) in [7, 11) is 0. The number of rotatable bonds is 3. The van der Waals surface area contributed by atoms with Gasteiger partial charge in [0.15, 0.2) is 0 Å². The lowest BCUT2D eigenvalue weighted by molar-refractivity contribution is -0.384. The molecule has 14 heavy (non-hydrogen) atoms. The Hall–Kier alpha value is -1.16. The number of halogens is 1. The second-order valence-electron chi connectivity index (χ2n) is 2.81. The van der Waals surface area contributed by atoms with Gasteiger partial charge in [-0.05, 0) is 11.6 Å². The minimum absolute atomic E-state index is 0.0874. The van der Waals surface area contributed by atoms with Crippen LogP contribution in [0.1, 0.15) is 12.5 Å². The molecule has 1 rings (SSSR count). The zero-order chi connectivity index (χ0) is 10.7. The molecule has 73 valence electrons. The predicted molar refractivity (Wildman–Crippen MR) is 59.0 cm³/mol. The van der Waals surface area contributed by atoms with Crippen molar-refractivity contribution in [2.24, 2.45) is 0 Å². The first kappa shape index (κ1) is 10.9. The summed E-state index contributed by atoms with van der Waals surface area (Å²) in [6.07, 6.45) is 1.67. The number of benzene rings is 1. The predicted octanol–water partition coefficient (Wildman–Crippen LogP) is 3.49. The minimum Gasteiger partial charge on any atom is -0.258 e. The smallest absolute Gasteiger partial charge is 0.258 e. The van der Waals surface area contributed by atoms with E-state index < -0.39 is 4.92 Å². The van der Waals surface area contributed by atoms with E-state index in [1.807, 2.05) is 6.92 Å². The van der Waals surface area contributed by atoms with E-state index in [1.54, 1.807) is 12.1 Å². The van der Waals surface area contributed by atoms with Crippen LogP contribution in [0.4, 0.5) is 5.69 Å². The minimum atomic E-state index is -0.410. The molecule has 0 bridgehead atoms. The molecule has 4 heteroatoms. The van der Waals surface area contributed by atoms with E-state index in [4.69, 9.17) is 0 Å². The summed E-state index contributed by atoms with van der Waals surface area (Å²) < 4.78 is 0.834. The number of nitro groups is 1. The summed E-state index contributed by atoms with van der Waals surface area (Å²) in [5.41, 5.74) is 0.888. The van der Waals surface area contributed by atoms with Crippen LogP contribution in [0.15, 0.2) is 35.3 Å². The first-order valence-corrected chi connectivity index (χ1v) is 4.76. The lowest BCUT2D eigenvalue weighted by atomic mass is 10.0. The van der Waals surface area contributed by atoms with Gasteiger partial charge in [0, 0.05) is 22.5 Å². The molecule has 0 N–H and O–H groups in total. The van der Waals surface area contributed by atoms with Gasteiger partial charge in [-0.2, -0.15) is 0 Å². The van der Waals surface area contributed by atoms with Crippen molar-refractivity contribution in [1.29, 1.82) is 0 Å². The molecule has 0 unspecified atom stereocenters. The van der Waals surface area contributed by atoms with Crippen LogP contribution in [0.2, 0.25) is 0 Å². The number of hydrogen-bond acceptors (Lipinski definition) is 2. The molecule has 0 heterocycles. The summed E-state index contributed by atoms with van der Waals surface area (Å²) in [6, 6.07) is 4.66. The standard InChI is InChI=1S/C10H9BrNO2/c1-3-7(2)9-6-8(12(13)14)4-5-10(9)11/h3-6H,1H2,2H3. The number of nitro benzene ring substituents is 1. The van der Waals surface area contributed by atoms with Crippen LogP contribution in [0.3, 0.4) is 0 Å². The van der Waals surface area contributed by atoms with E-state index >= 15 is 0 Å². The molecule has 0 fully saturated rings. The average Bonchev–Trinajstić information content (AvgIpc) is 2.17. The summed E-state index contributed by atoms with van der Waals surface area (Å²) in [5, 5.41) is 10.5. The van der Waals surface area contributed by atoms with Crippen molar-refractivity contribution in [2.45, 2.75) is 6.92 Å². The fraction of sp³-hybridized carbons (Fsp3) is 0.100. The largest absolute Gasteiger partial charge is 0.269 e. The third-order valence-corrected chi connectivity index (χ3v) is 2.58. The van der Waals surface area contributed by atoms with Crippen LogP contribution >= 0.6 is 15.9 Å². The van der Waals surface area contributed by atoms with Gasteiger partial charge in [0.25, 0.3) is 5.69 Å². The molecule has 1 aromatic carbocycles. The molecule has 1 radical (unpaired) electrons. The molecule has 0 aliphatic rings. The Morgan fingerprint density at radius 2 is 2.29 bits per heavy atom. The van der Waals surface area contributed by atoms with E-state index in [1.165, 1.54) is 12.1 Å². The quantitative estimate of drug-likeness (QED) is 0.612. The first-order chi connectivity index (χ1) is 6.56. The van der Waals surface area contributed by atoms with E-state index in [0.29, 0.717) is 0 Å². The highest BCUT2D eigenvalue weighted by Crippen LogP contribution is 2.28. The van der Waals surface area contributed by atoms with Crippen molar-refractivity contribution in [3.63, 3.8) is 0 Å². The van der Waals surface area contributed by atoms with E-state index in [0.717, 1.165) is 16.0 Å². The van der Waals surface area contributed by atoms with Gasteiger partial charge >= 0.3 is 0 Å². The highest BCUT2D eigenvalue weighted by molar-refractivity contribution is 9.10. The third kappa shape index (κ3) is 2.20. The van der Waals surface area contributed by atoms with Crippen LogP contribution in [0, 0.1) is 16.0 Å². The highest BCUT2D eigenvalue weighted by Gasteiger charge is 2.12. The number of hydrogen-bond donors (Lipinski definition) is 0. The number of nitrogens with zero attached hydrogens (tertiary/aromatic N) is 1. The van der Waals surface area contributed by atoms with Crippen LogP contribution < -0.4 is 0 Å². The van der Waals surface area contributed by atoms with E-state index in [9.17, 15) is 10.1 Å². The molecular formula is C10H9BrNO2.